The summed E-state index contributed by atoms with van der Waals surface area (Å²) in [6.07, 6.45) is 4.40. The van der Waals surface area contributed by atoms with Crippen molar-refractivity contribution in [3.8, 4) is 28.1 Å². The van der Waals surface area contributed by atoms with E-state index >= 15 is 0 Å². The van der Waals surface area contributed by atoms with Crippen LogP contribution >= 0.6 is 0 Å². The zero-order valence-corrected chi connectivity index (χ0v) is 35.6. The maximum absolute atomic E-state index is 14.0. The molecule has 15 heteroatoms. The fraction of sp³-hybridized carbons (Fsp3) is 0.467. The van der Waals surface area contributed by atoms with Crippen LogP contribution in [0.5, 0.6) is 5.75 Å². The summed E-state index contributed by atoms with van der Waals surface area (Å²) in [6, 6.07) is 13.5. The van der Waals surface area contributed by atoms with Crippen molar-refractivity contribution < 1.29 is 33.4 Å². The lowest BCUT2D eigenvalue weighted by atomic mass is 9.59. The zero-order chi connectivity index (χ0) is 42.6. The van der Waals surface area contributed by atoms with Crippen molar-refractivity contribution in [1.82, 2.24) is 35.1 Å². The van der Waals surface area contributed by atoms with Crippen LogP contribution in [0.15, 0.2) is 48.7 Å². The van der Waals surface area contributed by atoms with Gasteiger partial charge in [-0.1, -0.05) is 45.9 Å². The second-order valence-electron chi connectivity index (χ2n) is 17.4. The Labute approximate surface area is 350 Å². The van der Waals surface area contributed by atoms with Gasteiger partial charge in [0, 0.05) is 28.9 Å². The third-order valence-electron chi connectivity index (χ3n) is 12.9. The third-order valence-corrected chi connectivity index (χ3v) is 12.9. The quantitative estimate of drug-likeness (QED) is 0.119. The first-order chi connectivity index (χ1) is 28.8. The highest BCUT2D eigenvalue weighted by molar-refractivity contribution is 6.75. The largest absolute Gasteiger partial charge is 0.488 e. The lowest BCUT2D eigenvalue weighted by Crippen LogP contribution is -2.52. The van der Waals surface area contributed by atoms with Gasteiger partial charge in [0.15, 0.2) is 0 Å². The molecule has 6 atom stereocenters. The predicted molar refractivity (Wildman–Crippen MR) is 230 cm³/mol. The monoisotopic (exact) mass is 815 g/mol. The van der Waals surface area contributed by atoms with E-state index in [1.165, 1.54) is 14.2 Å². The van der Waals surface area contributed by atoms with Gasteiger partial charge in [0.05, 0.1) is 49.2 Å². The first-order valence-electron chi connectivity index (χ1n) is 21.1. The summed E-state index contributed by atoms with van der Waals surface area (Å²) in [5, 5.41) is 4.74. The molecular formula is C45H54BN7O7. The number of amides is 3. The molecular weight excluding hydrogens is 761 g/mol. The standard InChI is InChI=1S/C45H54BN7O7/c1-22(2)37(46-44(56)58-7)42(54)52-24(5)9-15-34(52)40-47-20-33(49-40)27-11-13-29-28(17-27)21-60-36-19-30-26(18-31(29)36)12-14-32-39(30)50-41(48-32)35-16-10-25(6)53(35)43(55)38(23(3)4)51-45(57)59-8/h11-14,17-20,22-25,34-35,37-38,46H,9-10,15-16,21H2,1-8H3,(H,47,49)(H,48,50)(H,51,57)/t24-,25-,34-,35-,37-,38-/m0/s1. The van der Waals surface area contributed by atoms with Crippen LogP contribution in [-0.2, 0) is 25.7 Å². The van der Waals surface area contributed by atoms with Gasteiger partial charge >= 0.3 is 6.09 Å². The molecule has 3 amide bonds. The van der Waals surface area contributed by atoms with Crippen LogP contribution in [0.25, 0.3) is 44.2 Å². The normalized spacial score (nSPS) is 20.8. The Balaban J connectivity index is 1.05. The van der Waals surface area contributed by atoms with Crippen LogP contribution in [0.2, 0.25) is 5.82 Å². The van der Waals surface area contributed by atoms with Crippen LogP contribution in [0.1, 0.15) is 96.5 Å². The Morgan fingerprint density at radius 1 is 0.833 bits per heavy atom. The number of carbonyl (C=O) groups excluding carboxylic acids is 4. The van der Waals surface area contributed by atoms with Crippen molar-refractivity contribution in [2.24, 2.45) is 11.8 Å². The number of carbonyl (C=O) groups is 4. The van der Waals surface area contributed by atoms with Crippen molar-refractivity contribution in [3.63, 3.8) is 0 Å². The molecule has 0 radical (unpaired) electrons. The van der Waals surface area contributed by atoms with Crippen LogP contribution in [0.3, 0.4) is 0 Å². The average molecular weight is 816 g/mol. The molecule has 0 aliphatic carbocycles. The Morgan fingerprint density at radius 3 is 2.23 bits per heavy atom. The lowest BCUT2D eigenvalue weighted by molar-refractivity contribution is -0.137. The molecule has 2 fully saturated rings. The molecule has 14 nitrogen and oxygen atoms in total. The van der Waals surface area contributed by atoms with Crippen molar-refractivity contribution >= 4 is 52.9 Å². The molecule has 0 saturated carbocycles. The van der Waals surface area contributed by atoms with Gasteiger partial charge in [-0.15, -0.1) is 0 Å². The molecule has 8 rings (SSSR count). The number of benzene rings is 3. The van der Waals surface area contributed by atoms with Crippen LogP contribution in [0.4, 0.5) is 9.59 Å². The van der Waals surface area contributed by atoms with Crippen molar-refractivity contribution in [1.29, 1.82) is 0 Å². The predicted octanol–water partition coefficient (Wildman–Crippen LogP) is 7.80. The van der Waals surface area contributed by atoms with Gasteiger partial charge in [-0.25, -0.2) is 14.8 Å². The molecule has 3 N–H and O–H groups in total. The summed E-state index contributed by atoms with van der Waals surface area (Å²) in [6.45, 7) is 12.2. The van der Waals surface area contributed by atoms with Crippen LogP contribution < -0.4 is 10.1 Å². The topological polar surface area (TPSA) is 172 Å². The van der Waals surface area contributed by atoms with Gasteiger partial charge in [-0.05, 0) is 97.7 Å². The number of nitrogens with zero attached hydrogens (tertiary/aromatic N) is 4. The minimum atomic E-state index is -0.724. The number of hydrogen-bond acceptors (Lipinski definition) is 9. The number of alkyl carbamates (subject to hydrolysis) is 1. The van der Waals surface area contributed by atoms with E-state index in [-0.39, 0.29) is 61.0 Å². The Morgan fingerprint density at radius 2 is 1.55 bits per heavy atom. The van der Waals surface area contributed by atoms with Crippen LogP contribution in [-0.4, -0.2) is 93.1 Å². The number of likely N-dealkylation sites (tertiary alicyclic amines) is 2. The molecule has 2 aromatic heterocycles. The first-order valence-corrected chi connectivity index (χ1v) is 21.1. The molecule has 2 saturated heterocycles. The summed E-state index contributed by atoms with van der Waals surface area (Å²) in [5.41, 5.74) is 6.65. The Hall–Kier alpha value is -5.86. The van der Waals surface area contributed by atoms with Crippen molar-refractivity contribution in [2.75, 3.05) is 14.2 Å². The van der Waals surface area contributed by atoms with Crippen LogP contribution in [0, 0.1) is 11.8 Å². The SMILES string of the molecule is COC(=O)B[C@H](C(=O)N1[C@@H](C)CC[C@H]1c1ncc(-c2ccc3c(c2)COc2cc4c(ccc5nc([C@@H]6CC[C@H](C)N6C(=O)[C@@H](NC(=O)OC)C(C)C)[nH]c54)cc2-3)[nH]1)C(C)C. The maximum atomic E-state index is 14.0. The number of H-pyrrole nitrogens is 2. The number of aromatic amines is 2. The molecule has 5 aromatic rings. The fourth-order valence-corrected chi connectivity index (χ4v) is 9.46. The zero-order valence-electron chi connectivity index (χ0n) is 35.6. The Bertz CT molecular complexity index is 2480. The van der Waals surface area contributed by atoms with Gasteiger partial charge in [0.2, 0.25) is 17.7 Å². The van der Waals surface area contributed by atoms with E-state index < -0.39 is 18.0 Å². The molecule has 3 aliphatic rings. The van der Waals surface area contributed by atoms with E-state index in [0.29, 0.717) is 12.4 Å². The van der Waals surface area contributed by atoms with Gasteiger partial charge in [0.1, 0.15) is 30.0 Å². The number of imidazole rings is 2. The van der Waals surface area contributed by atoms with Gasteiger partial charge in [0.25, 0.3) is 7.28 Å². The van der Waals surface area contributed by atoms with Gasteiger partial charge in [-0.3, -0.25) is 14.4 Å². The summed E-state index contributed by atoms with van der Waals surface area (Å²) in [5.74, 6) is 1.04. The highest BCUT2D eigenvalue weighted by Gasteiger charge is 2.43. The number of ether oxygens (including phenoxy) is 3. The number of rotatable bonds is 10. The second kappa shape index (κ2) is 16.3. The van der Waals surface area contributed by atoms with E-state index in [0.717, 1.165) is 87.0 Å². The fourth-order valence-electron chi connectivity index (χ4n) is 9.46. The van der Waals surface area contributed by atoms with Gasteiger partial charge in [-0.2, -0.15) is 0 Å². The van der Waals surface area contributed by atoms with E-state index in [1.807, 2.05) is 56.7 Å². The molecule has 60 heavy (non-hydrogen) atoms. The summed E-state index contributed by atoms with van der Waals surface area (Å²) < 4.78 is 16.2. The van der Waals surface area contributed by atoms with Gasteiger partial charge < -0.3 is 39.3 Å². The molecule has 3 aromatic carbocycles. The molecule has 0 bridgehead atoms. The molecule has 0 spiro atoms. The highest BCUT2D eigenvalue weighted by Crippen LogP contribution is 2.44. The van der Waals surface area contributed by atoms with E-state index in [9.17, 15) is 19.2 Å². The second-order valence-corrected chi connectivity index (χ2v) is 17.4. The minimum absolute atomic E-state index is 0.0177. The van der Waals surface area contributed by atoms with E-state index in [4.69, 9.17) is 24.2 Å². The number of nitrogens with one attached hydrogen (secondary N) is 3. The molecule has 5 heterocycles. The average Bonchev–Trinajstić information content (AvgIpc) is 4.06. The third kappa shape index (κ3) is 7.36. The van der Waals surface area contributed by atoms with E-state index in [1.54, 1.807) is 0 Å². The smallest absolute Gasteiger partial charge is 0.407 e. The number of methoxy groups -OCH3 is 2. The molecule has 3 aliphatic heterocycles. The van der Waals surface area contributed by atoms with Crippen molar-refractivity contribution in [2.45, 2.75) is 110 Å². The number of hydrogen-bond donors (Lipinski definition) is 3. The lowest BCUT2D eigenvalue weighted by Gasteiger charge is -2.32. The first kappa shape index (κ1) is 40.9. The molecule has 0 unspecified atom stereocenters. The minimum Gasteiger partial charge on any atom is -0.488 e. The van der Waals surface area contributed by atoms with Crippen molar-refractivity contribution in [3.05, 3.63) is 65.9 Å². The highest BCUT2D eigenvalue weighted by atomic mass is 16.5. The summed E-state index contributed by atoms with van der Waals surface area (Å²) in [4.78, 5) is 72.9. The molecule has 314 valence electrons. The maximum Gasteiger partial charge on any atom is 0.407 e. The number of fused-ring (bicyclic) bond motifs is 6. The van der Waals surface area contributed by atoms with E-state index in [2.05, 4.69) is 58.6 Å². The Kier molecular flexibility index (Phi) is 11.1. The number of aromatic nitrogens is 4. The summed E-state index contributed by atoms with van der Waals surface area (Å²) in [7, 11) is 2.70. The summed E-state index contributed by atoms with van der Waals surface area (Å²) >= 11 is 0.